The highest BCUT2D eigenvalue weighted by molar-refractivity contribution is 5.80. The molecule has 0 aromatic heterocycles. The van der Waals surface area contributed by atoms with Crippen LogP contribution in [0.15, 0.2) is 97.2 Å². The monoisotopic (exact) mass is 1010 g/mol. The van der Waals surface area contributed by atoms with Gasteiger partial charge in [-0.25, -0.2) is 0 Å². The lowest BCUT2D eigenvalue weighted by Crippen LogP contribution is -2.61. The number of hydrogen-bond donors (Lipinski definition) is 6. The van der Waals surface area contributed by atoms with Crippen molar-refractivity contribution in [2.75, 3.05) is 13.2 Å². The summed E-state index contributed by atoms with van der Waals surface area (Å²) in [6.45, 7) is 5.56. The summed E-state index contributed by atoms with van der Waals surface area (Å²) in [6.07, 6.45) is 53.1. The first-order chi connectivity index (χ1) is 35.2. The lowest BCUT2D eigenvalue weighted by Gasteiger charge is -2.41. The molecule has 0 radical (unpaired) electrons. The molecule has 0 aromatic rings. The van der Waals surface area contributed by atoms with Gasteiger partial charge in [0.2, 0.25) is 5.91 Å². The molecule has 0 bridgehead atoms. The van der Waals surface area contributed by atoms with Gasteiger partial charge < -0.3 is 45.1 Å². The lowest BCUT2D eigenvalue weighted by atomic mass is 9.99. The van der Waals surface area contributed by atoms with Crippen LogP contribution < -0.4 is 5.32 Å². The van der Waals surface area contributed by atoms with Crippen molar-refractivity contribution in [3.05, 3.63) is 97.2 Å². The number of nitrogens with one attached hydrogen (secondary N) is 1. The number of rotatable bonds is 46. The number of amides is 1. The zero-order chi connectivity index (χ0) is 52.5. The van der Waals surface area contributed by atoms with Gasteiger partial charge in [-0.1, -0.05) is 214 Å². The van der Waals surface area contributed by atoms with E-state index < -0.39 is 67.4 Å². The third-order valence-corrected chi connectivity index (χ3v) is 12.8. The van der Waals surface area contributed by atoms with Crippen molar-refractivity contribution in [2.24, 2.45) is 0 Å². The van der Waals surface area contributed by atoms with E-state index in [0.717, 1.165) is 96.3 Å². The number of carbonyl (C=O) groups excluding carboxylic acids is 2. The highest BCUT2D eigenvalue weighted by Crippen LogP contribution is 2.26. The Hall–Kier alpha value is -3.42. The zero-order valence-corrected chi connectivity index (χ0v) is 45.3. The topological polar surface area (TPSA) is 175 Å². The Kier molecular flexibility index (Phi) is 44.9. The minimum absolute atomic E-state index is 0.0784. The van der Waals surface area contributed by atoms with E-state index in [1.807, 2.05) is 30.4 Å². The summed E-state index contributed by atoms with van der Waals surface area (Å²) in [5, 5.41) is 56.7. The number of unbranched alkanes of at least 4 members (excludes halogenated alkanes) is 20. The molecule has 1 aliphatic heterocycles. The van der Waals surface area contributed by atoms with Gasteiger partial charge >= 0.3 is 5.97 Å². The van der Waals surface area contributed by atoms with Gasteiger partial charge in [0.15, 0.2) is 12.4 Å². The Labute approximate surface area is 437 Å². The van der Waals surface area contributed by atoms with Gasteiger partial charge in [-0.15, -0.1) is 0 Å². The van der Waals surface area contributed by atoms with Crippen LogP contribution in [-0.4, -0.2) is 99.6 Å². The molecule has 11 heteroatoms. The summed E-state index contributed by atoms with van der Waals surface area (Å²) < 4.78 is 17.5. The molecular formula is C61H103NO10. The van der Waals surface area contributed by atoms with Crippen molar-refractivity contribution in [1.82, 2.24) is 5.32 Å². The smallest absolute Gasteiger partial charge is 0.306 e. The normalized spacial score (nSPS) is 20.2. The highest BCUT2D eigenvalue weighted by atomic mass is 16.7. The average molecular weight is 1010 g/mol. The van der Waals surface area contributed by atoms with E-state index in [1.165, 1.54) is 70.6 Å². The fourth-order valence-corrected chi connectivity index (χ4v) is 8.22. The predicted octanol–water partition coefficient (Wildman–Crippen LogP) is 12.8. The predicted molar refractivity (Wildman–Crippen MR) is 296 cm³/mol. The van der Waals surface area contributed by atoms with Gasteiger partial charge in [-0.3, -0.25) is 9.59 Å². The molecule has 1 saturated heterocycles. The van der Waals surface area contributed by atoms with E-state index in [2.05, 4.69) is 86.8 Å². The molecule has 1 aliphatic rings. The molecule has 1 rings (SSSR count). The van der Waals surface area contributed by atoms with Gasteiger partial charge in [0.1, 0.15) is 24.4 Å². The summed E-state index contributed by atoms with van der Waals surface area (Å²) in [5.41, 5.74) is 0. The molecule has 1 heterocycles. The SMILES string of the molecule is CC/C=C/C=C/C=C\CCCCCCC(O)C(=O)NC(COC1OC(CO)C(O)C(O)C1OC(=O)CCCCC/C=C\C/C=C\C/C=C\C/C=C\CCCCC)C(O)/C=C/CCCCCCCCCCCC. The summed E-state index contributed by atoms with van der Waals surface area (Å²) in [6, 6.07) is -1.05. The molecule has 11 nitrogen and oxygen atoms in total. The number of esters is 1. The minimum atomic E-state index is -1.64. The number of carbonyl (C=O) groups is 2. The molecule has 6 N–H and O–H groups in total. The van der Waals surface area contributed by atoms with E-state index in [1.54, 1.807) is 6.08 Å². The number of aliphatic hydroxyl groups is 5. The molecule has 0 aliphatic carbocycles. The molecule has 412 valence electrons. The molecular weight excluding hydrogens is 907 g/mol. The fourth-order valence-electron chi connectivity index (χ4n) is 8.22. The fraction of sp³-hybridized carbons (Fsp3) is 0.705. The highest BCUT2D eigenvalue weighted by Gasteiger charge is 2.47. The summed E-state index contributed by atoms with van der Waals surface area (Å²) in [7, 11) is 0. The van der Waals surface area contributed by atoms with Crippen LogP contribution >= 0.6 is 0 Å². The van der Waals surface area contributed by atoms with E-state index in [9.17, 15) is 35.1 Å². The molecule has 8 unspecified atom stereocenters. The van der Waals surface area contributed by atoms with E-state index in [-0.39, 0.29) is 19.4 Å². The molecule has 0 spiro atoms. The molecule has 1 amide bonds. The number of allylic oxidation sites excluding steroid dienone is 15. The first-order valence-electron chi connectivity index (χ1n) is 28.5. The minimum Gasteiger partial charge on any atom is -0.454 e. The Bertz CT molecular complexity index is 1530. The van der Waals surface area contributed by atoms with Crippen LogP contribution in [0.1, 0.15) is 213 Å². The summed E-state index contributed by atoms with van der Waals surface area (Å²) >= 11 is 0. The van der Waals surface area contributed by atoms with Crippen molar-refractivity contribution in [3.63, 3.8) is 0 Å². The lowest BCUT2D eigenvalue weighted by molar-refractivity contribution is -0.305. The quantitative estimate of drug-likeness (QED) is 0.0149. The Morgan fingerprint density at radius 1 is 0.569 bits per heavy atom. The number of ether oxygens (including phenoxy) is 3. The van der Waals surface area contributed by atoms with Gasteiger partial charge in [0, 0.05) is 6.42 Å². The van der Waals surface area contributed by atoms with Crippen LogP contribution in [-0.2, 0) is 23.8 Å². The third-order valence-electron chi connectivity index (χ3n) is 12.8. The molecule has 8 atom stereocenters. The van der Waals surface area contributed by atoms with E-state index >= 15 is 0 Å². The maximum absolute atomic E-state index is 13.3. The second-order valence-electron chi connectivity index (χ2n) is 19.3. The number of hydrogen-bond acceptors (Lipinski definition) is 10. The van der Waals surface area contributed by atoms with E-state index in [0.29, 0.717) is 12.8 Å². The molecule has 0 aromatic carbocycles. The van der Waals surface area contributed by atoms with Gasteiger partial charge in [0.25, 0.3) is 0 Å². The Balaban J connectivity index is 2.76. The largest absolute Gasteiger partial charge is 0.454 e. The standard InChI is InChI=1S/C61H103NO10/c1-4-7-10-13-16-19-22-25-26-27-28-29-30-31-34-37-40-43-46-49-56(66)72-59-58(68)57(67)55(50-63)71-61(59)70-51-52(53(64)47-44-41-38-35-32-23-20-17-14-11-8-5-2)62-60(69)54(65)48-45-42-39-36-33-24-21-18-15-12-9-6-3/h9,12,15-16,18-19,21,24-26,28-29,31,34,44,47,52-55,57-59,61,63-65,67-68H,4-8,10-11,13-14,17,20,22-23,27,30,32-33,35-43,45-46,48-51H2,1-3H3,(H,62,69)/b12-9+,18-15+,19-16-,24-21-,26-25-,29-28-,34-31-,47-44+. The van der Waals surface area contributed by atoms with Crippen LogP contribution in [0.25, 0.3) is 0 Å². The van der Waals surface area contributed by atoms with Gasteiger partial charge in [0.05, 0.1) is 25.4 Å². The van der Waals surface area contributed by atoms with Crippen molar-refractivity contribution in [3.8, 4) is 0 Å². The second-order valence-corrected chi connectivity index (χ2v) is 19.3. The maximum atomic E-state index is 13.3. The Morgan fingerprint density at radius 3 is 1.64 bits per heavy atom. The van der Waals surface area contributed by atoms with Crippen LogP contribution in [0.3, 0.4) is 0 Å². The third kappa shape index (κ3) is 36.5. The van der Waals surface area contributed by atoms with Gasteiger partial charge in [-0.2, -0.15) is 0 Å². The maximum Gasteiger partial charge on any atom is 0.306 e. The molecule has 0 saturated carbocycles. The van der Waals surface area contributed by atoms with Crippen LogP contribution in [0.4, 0.5) is 0 Å². The van der Waals surface area contributed by atoms with Crippen molar-refractivity contribution in [2.45, 2.75) is 262 Å². The molecule has 72 heavy (non-hydrogen) atoms. The average Bonchev–Trinajstić information content (AvgIpc) is 3.38. The zero-order valence-electron chi connectivity index (χ0n) is 45.3. The van der Waals surface area contributed by atoms with Crippen LogP contribution in [0.5, 0.6) is 0 Å². The van der Waals surface area contributed by atoms with Crippen LogP contribution in [0, 0.1) is 0 Å². The summed E-state index contributed by atoms with van der Waals surface area (Å²) in [4.78, 5) is 26.4. The van der Waals surface area contributed by atoms with Crippen molar-refractivity contribution >= 4 is 11.9 Å². The first-order valence-corrected chi connectivity index (χ1v) is 28.5. The van der Waals surface area contributed by atoms with Crippen LogP contribution in [0.2, 0.25) is 0 Å². The van der Waals surface area contributed by atoms with Gasteiger partial charge in [-0.05, 0) is 89.9 Å². The Morgan fingerprint density at radius 2 is 1.06 bits per heavy atom. The number of aliphatic hydroxyl groups excluding tert-OH is 5. The van der Waals surface area contributed by atoms with E-state index in [4.69, 9.17) is 14.2 Å². The molecule has 1 fully saturated rings. The van der Waals surface area contributed by atoms with Crippen molar-refractivity contribution < 1.29 is 49.3 Å². The first kappa shape index (κ1) is 66.6. The van der Waals surface area contributed by atoms with Crippen molar-refractivity contribution in [1.29, 1.82) is 0 Å². The summed E-state index contributed by atoms with van der Waals surface area (Å²) in [5.74, 6) is -1.26. The second kappa shape index (κ2) is 48.5.